The lowest BCUT2D eigenvalue weighted by atomic mass is 9.64. The summed E-state index contributed by atoms with van der Waals surface area (Å²) in [5, 5.41) is 0. The molecule has 0 bridgehead atoms. The molecule has 4 atom stereocenters. The van der Waals surface area contributed by atoms with E-state index in [0.29, 0.717) is 6.42 Å². The molecule has 0 aromatic carbocycles. The number of hydrogen-bond donors (Lipinski definition) is 0. The zero-order chi connectivity index (χ0) is 14.6. The van der Waals surface area contributed by atoms with E-state index >= 15 is 0 Å². The fourth-order valence-corrected chi connectivity index (χ4v) is 3.17. The monoisotopic (exact) mass is 268 g/mol. The van der Waals surface area contributed by atoms with Gasteiger partial charge in [0.1, 0.15) is 11.7 Å². The Hall–Kier alpha value is -1.19. The van der Waals surface area contributed by atoms with Crippen molar-refractivity contribution in [2.45, 2.75) is 46.5 Å². The van der Waals surface area contributed by atoms with Crippen molar-refractivity contribution in [3.05, 3.63) is 0 Å². The second kappa shape index (κ2) is 6.83. The second-order valence-electron chi connectivity index (χ2n) is 5.37. The maximum atomic E-state index is 12.3. The first-order valence-corrected chi connectivity index (χ1v) is 7.14. The van der Waals surface area contributed by atoms with Crippen molar-refractivity contribution in [2.75, 3.05) is 7.11 Å². The topological polar surface area (TPSA) is 60.4 Å². The summed E-state index contributed by atoms with van der Waals surface area (Å²) in [6, 6.07) is 0. The number of rotatable bonds is 5. The Kier molecular flexibility index (Phi) is 5.70. The van der Waals surface area contributed by atoms with Gasteiger partial charge in [-0.3, -0.25) is 14.4 Å². The summed E-state index contributed by atoms with van der Waals surface area (Å²) in [6.07, 6.45) is 3.20. The molecule has 1 fully saturated rings. The Morgan fingerprint density at radius 3 is 2.16 bits per heavy atom. The molecule has 0 aliphatic heterocycles. The first-order valence-electron chi connectivity index (χ1n) is 7.14. The van der Waals surface area contributed by atoms with Gasteiger partial charge in [0.2, 0.25) is 0 Å². The van der Waals surface area contributed by atoms with Crippen LogP contribution in [-0.4, -0.2) is 24.6 Å². The molecule has 0 N–H and O–H groups in total. The van der Waals surface area contributed by atoms with Crippen LogP contribution in [0.5, 0.6) is 0 Å². The number of carbonyl (C=O) groups excluding carboxylic acids is 3. The van der Waals surface area contributed by atoms with Crippen LogP contribution in [0.1, 0.15) is 46.5 Å². The molecule has 1 saturated carbocycles. The van der Waals surface area contributed by atoms with E-state index in [2.05, 4.69) is 0 Å². The molecule has 0 amide bonds. The van der Waals surface area contributed by atoms with E-state index in [9.17, 15) is 14.4 Å². The quantitative estimate of drug-likeness (QED) is 0.567. The van der Waals surface area contributed by atoms with Crippen LogP contribution >= 0.6 is 0 Å². The van der Waals surface area contributed by atoms with Gasteiger partial charge < -0.3 is 4.74 Å². The average Bonchev–Trinajstić information content (AvgIpc) is 2.40. The highest BCUT2D eigenvalue weighted by Gasteiger charge is 2.50. The van der Waals surface area contributed by atoms with Gasteiger partial charge in [-0.2, -0.15) is 0 Å². The van der Waals surface area contributed by atoms with Gasteiger partial charge in [-0.25, -0.2) is 0 Å². The van der Waals surface area contributed by atoms with Crippen LogP contribution in [0.2, 0.25) is 0 Å². The van der Waals surface area contributed by atoms with E-state index in [1.807, 2.05) is 13.8 Å². The van der Waals surface area contributed by atoms with E-state index < -0.39 is 17.8 Å². The largest absolute Gasteiger partial charge is 0.468 e. The minimum atomic E-state index is -0.755. The van der Waals surface area contributed by atoms with Crippen molar-refractivity contribution in [2.24, 2.45) is 23.7 Å². The van der Waals surface area contributed by atoms with Gasteiger partial charge in [0, 0.05) is 5.92 Å². The molecule has 0 heterocycles. The molecule has 19 heavy (non-hydrogen) atoms. The minimum absolute atomic E-state index is 0.00505. The standard InChI is InChI=1S/C15H24O4/c1-5-7-10-11(8-6-2)13(16)9(3)14(17)12(10)15(18)19-4/h9-12H,5-8H2,1-4H3. The smallest absolute Gasteiger partial charge is 0.316 e. The van der Waals surface area contributed by atoms with Crippen molar-refractivity contribution in [1.29, 1.82) is 0 Å². The highest BCUT2D eigenvalue weighted by molar-refractivity contribution is 6.13. The Bertz CT molecular complexity index is 361. The lowest BCUT2D eigenvalue weighted by Gasteiger charge is -2.37. The van der Waals surface area contributed by atoms with E-state index in [4.69, 9.17) is 4.74 Å². The third-order valence-electron chi connectivity index (χ3n) is 4.15. The van der Waals surface area contributed by atoms with Crippen molar-refractivity contribution in [3.8, 4) is 0 Å². The minimum Gasteiger partial charge on any atom is -0.468 e. The molecule has 4 heteroatoms. The van der Waals surface area contributed by atoms with Gasteiger partial charge in [-0.05, 0) is 25.7 Å². The highest BCUT2D eigenvalue weighted by atomic mass is 16.5. The summed E-state index contributed by atoms with van der Waals surface area (Å²) in [5.74, 6) is -2.53. The number of carbonyl (C=O) groups is 3. The fraction of sp³-hybridized carbons (Fsp3) is 0.800. The molecule has 0 spiro atoms. The molecule has 0 saturated heterocycles. The van der Waals surface area contributed by atoms with Crippen molar-refractivity contribution < 1.29 is 19.1 Å². The molecule has 4 nitrogen and oxygen atoms in total. The molecular weight excluding hydrogens is 244 g/mol. The summed E-state index contributed by atoms with van der Waals surface area (Å²) >= 11 is 0. The lowest BCUT2D eigenvalue weighted by Crippen LogP contribution is -2.49. The third kappa shape index (κ3) is 3.04. The van der Waals surface area contributed by atoms with Crippen LogP contribution in [0.3, 0.4) is 0 Å². The number of hydrogen-bond acceptors (Lipinski definition) is 4. The Balaban J connectivity index is 3.12. The zero-order valence-electron chi connectivity index (χ0n) is 12.3. The van der Waals surface area contributed by atoms with Gasteiger partial charge in [0.25, 0.3) is 0 Å². The van der Waals surface area contributed by atoms with Crippen LogP contribution in [0.4, 0.5) is 0 Å². The molecular formula is C15H24O4. The molecule has 4 unspecified atom stereocenters. The van der Waals surface area contributed by atoms with Gasteiger partial charge in [0.15, 0.2) is 5.78 Å². The number of Topliss-reactive ketones (excluding diaryl/α,β-unsaturated/α-hetero) is 2. The van der Waals surface area contributed by atoms with Gasteiger partial charge in [-0.15, -0.1) is 0 Å². The number of esters is 1. The van der Waals surface area contributed by atoms with Crippen molar-refractivity contribution in [3.63, 3.8) is 0 Å². The molecule has 1 rings (SSSR count). The summed E-state index contributed by atoms with van der Waals surface area (Å²) in [4.78, 5) is 36.5. The van der Waals surface area contributed by atoms with E-state index in [1.165, 1.54) is 7.11 Å². The van der Waals surface area contributed by atoms with Crippen LogP contribution in [-0.2, 0) is 19.1 Å². The third-order valence-corrected chi connectivity index (χ3v) is 4.15. The average molecular weight is 268 g/mol. The Labute approximate surface area is 114 Å². The molecule has 0 aromatic heterocycles. The Morgan fingerprint density at radius 2 is 1.68 bits per heavy atom. The maximum absolute atomic E-state index is 12.3. The predicted octanol–water partition coefficient (Wildman–Crippen LogP) is 2.40. The number of ketones is 2. The second-order valence-corrected chi connectivity index (χ2v) is 5.37. The van der Waals surface area contributed by atoms with Crippen LogP contribution in [0.15, 0.2) is 0 Å². The van der Waals surface area contributed by atoms with E-state index in [1.54, 1.807) is 6.92 Å². The number of ether oxygens (including phenoxy) is 1. The highest BCUT2D eigenvalue weighted by Crippen LogP contribution is 2.39. The molecule has 0 aromatic rings. The molecule has 1 aliphatic rings. The van der Waals surface area contributed by atoms with Crippen LogP contribution in [0, 0.1) is 23.7 Å². The predicted molar refractivity (Wildman–Crippen MR) is 71.5 cm³/mol. The van der Waals surface area contributed by atoms with Gasteiger partial charge >= 0.3 is 5.97 Å². The summed E-state index contributed by atoms with van der Waals surface area (Å²) in [5.41, 5.74) is 0. The zero-order valence-corrected chi connectivity index (χ0v) is 12.3. The molecule has 108 valence electrons. The van der Waals surface area contributed by atoms with Crippen LogP contribution < -0.4 is 0 Å². The van der Waals surface area contributed by atoms with Gasteiger partial charge in [0.05, 0.1) is 13.0 Å². The van der Waals surface area contributed by atoms with Gasteiger partial charge in [-0.1, -0.05) is 26.7 Å². The van der Waals surface area contributed by atoms with Crippen molar-refractivity contribution >= 4 is 17.5 Å². The van der Waals surface area contributed by atoms with Crippen LogP contribution in [0.25, 0.3) is 0 Å². The van der Waals surface area contributed by atoms with E-state index in [-0.39, 0.29) is 23.4 Å². The fourth-order valence-electron chi connectivity index (χ4n) is 3.17. The lowest BCUT2D eigenvalue weighted by molar-refractivity contribution is -0.159. The number of methoxy groups -OCH3 is 1. The summed E-state index contributed by atoms with van der Waals surface area (Å²) in [7, 11) is 1.30. The SMILES string of the molecule is CCCC1C(=O)C(C)C(=O)C(C(=O)OC)C1CCC. The molecule has 1 aliphatic carbocycles. The summed E-state index contributed by atoms with van der Waals surface area (Å²) in [6.45, 7) is 5.64. The maximum Gasteiger partial charge on any atom is 0.316 e. The first kappa shape index (κ1) is 15.9. The molecule has 0 radical (unpaired) electrons. The normalized spacial score (nSPS) is 31.4. The van der Waals surface area contributed by atoms with E-state index in [0.717, 1.165) is 19.3 Å². The van der Waals surface area contributed by atoms with Crippen molar-refractivity contribution in [1.82, 2.24) is 0 Å². The first-order chi connectivity index (χ1) is 8.99. The Morgan fingerprint density at radius 1 is 1.11 bits per heavy atom. The summed E-state index contributed by atoms with van der Waals surface area (Å²) < 4.78 is 4.78.